The second-order valence-corrected chi connectivity index (χ2v) is 7.82. The summed E-state index contributed by atoms with van der Waals surface area (Å²) in [7, 11) is -2.37. The monoisotopic (exact) mass is 390 g/mol. The molecule has 0 saturated carbocycles. The lowest BCUT2D eigenvalue weighted by atomic mass is 10.1. The number of amides is 1. The molecule has 0 fully saturated rings. The Kier molecular flexibility index (Phi) is 6.98. The highest BCUT2D eigenvalue weighted by Gasteiger charge is 2.30. The van der Waals surface area contributed by atoms with Crippen LogP contribution in [0.4, 0.5) is 0 Å². The van der Waals surface area contributed by atoms with Crippen molar-refractivity contribution in [3.05, 3.63) is 59.7 Å². The van der Waals surface area contributed by atoms with Gasteiger partial charge < -0.3 is 9.64 Å². The number of carbonyl (C=O) groups is 1. The summed E-state index contributed by atoms with van der Waals surface area (Å²) in [5.41, 5.74) is 1.30. The van der Waals surface area contributed by atoms with Gasteiger partial charge in [0.25, 0.3) is 0 Å². The standard InChI is InChI=1S/C20H26N2O4S/c1-5-22(6-2)20(23)19(16-10-8-7-9-11-16)21-27(24,25)17-12-13-18(26-4)15(3)14-17/h7-14,19,21H,5-6H2,1-4H3/t19-/m0/s1. The average Bonchev–Trinajstić information content (AvgIpc) is 2.67. The van der Waals surface area contributed by atoms with Crippen molar-refractivity contribution in [2.24, 2.45) is 0 Å². The molecule has 0 bridgehead atoms. The van der Waals surface area contributed by atoms with Crippen LogP contribution in [0.25, 0.3) is 0 Å². The third kappa shape index (κ3) is 4.87. The van der Waals surface area contributed by atoms with E-state index in [2.05, 4.69) is 4.72 Å². The minimum absolute atomic E-state index is 0.0917. The molecule has 0 aliphatic heterocycles. The highest BCUT2D eigenvalue weighted by molar-refractivity contribution is 7.89. The summed E-state index contributed by atoms with van der Waals surface area (Å²) in [5, 5.41) is 0. The molecular formula is C20H26N2O4S. The summed E-state index contributed by atoms with van der Waals surface area (Å²) >= 11 is 0. The van der Waals surface area contributed by atoms with Crippen molar-refractivity contribution < 1.29 is 17.9 Å². The van der Waals surface area contributed by atoms with Crippen molar-refractivity contribution in [3.63, 3.8) is 0 Å². The Balaban J connectivity index is 2.42. The molecule has 7 heteroatoms. The molecule has 2 aromatic rings. The predicted octanol–water partition coefficient (Wildman–Crippen LogP) is 2.89. The van der Waals surface area contributed by atoms with Gasteiger partial charge in [0.1, 0.15) is 11.8 Å². The van der Waals surface area contributed by atoms with Crippen LogP contribution in [0.2, 0.25) is 0 Å². The summed E-state index contributed by atoms with van der Waals surface area (Å²) in [6.07, 6.45) is 0. The highest BCUT2D eigenvalue weighted by Crippen LogP contribution is 2.24. The Morgan fingerprint density at radius 1 is 1.11 bits per heavy atom. The maximum atomic E-state index is 13.0. The Labute approximate surface area is 161 Å². The first kappa shape index (κ1) is 20.9. The first-order valence-corrected chi connectivity index (χ1v) is 10.3. The average molecular weight is 391 g/mol. The minimum Gasteiger partial charge on any atom is -0.496 e. The Morgan fingerprint density at radius 2 is 1.74 bits per heavy atom. The van der Waals surface area contributed by atoms with Crippen molar-refractivity contribution in [3.8, 4) is 5.75 Å². The van der Waals surface area contributed by atoms with Crippen LogP contribution in [0.1, 0.15) is 31.0 Å². The summed E-state index contributed by atoms with van der Waals surface area (Å²) in [6.45, 7) is 6.51. The number of hydrogen-bond donors (Lipinski definition) is 1. The first-order chi connectivity index (χ1) is 12.8. The van der Waals surface area contributed by atoms with E-state index in [1.165, 1.54) is 19.2 Å². The number of nitrogens with zero attached hydrogens (tertiary/aromatic N) is 1. The van der Waals surface area contributed by atoms with Gasteiger partial charge in [0.05, 0.1) is 12.0 Å². The first-order valence-electron chi connectivity index (χ1n) is 8.84. The van der Waals surface area contributed by atoms with Crippen LogP contribution in [0, 0.1) is 6.92 Å². The van der Waals surface area contributed by atoms with E-state index in [1.54, 1.807) is 42.2 Å². The molecule has 1 N–H and O–H groups in total. The fourth-order valence-electron chi connectivity index (χ4n) is 2.87. The van der Waals surface area contributed by atoms with Gasteiger partial charge in [0.2, 0.25) is 15.9 Å². The van der Waals surface area contributed by atoms with Gasteiger partial charge in [0.15, 0.2) is 0 Å². The molecule has 0 spiro atoms. The molecule has 1 amide bonds. The molecule has 2 rings (SSSR count). The molecule has 0 aromatic heterocycles. The minimum atomic E-state index is -3.90. The van der Waals surface area contributed by atoms with Crippen molar-refractivity contribution in [1.82, 2.24) is 9.62 Å². The molecule has 0 radical (unpaired) electrons. The summed E-state index contributed by atoms with van der Waals surface area (Å²) in [6, 6.07) is 12.5. The van der Waals surface area contributed by atoms with E-state index in [0.29, 0.717) is 30.0 Å². The molecule has 2 aromatic carbocycles. The molecule has 0 saturated heterocycles. The fourth-order valence-corrected chi connectivity index (χ4v) is 4.13. The zero-order valence-corrected chi connectivity index (χ0v) is 16.9. The Hall–Kier alpha value is -2.38. The molecule has 27 heavy (non-hydrogen) atoms. The van der Waals surface area contributed by atoms with Gasteiger partial charge in [-0.2, -0.15) is 4.72 Å². The van der Waals surface area contributed by atoms with Gasteiger partial charge in [-0.05, 0) is 50.1 Å². The van der Waals surface area contributed by atoms with Crippen LogP contribution in [0.3, 0.4) is 0 Å². The van der Waals surface area contributed by atoms with Gasteiger partial charge in [-0.15, -0.1) is 0 Å². The van der Waals surface area contributed by atoms with Gasteiger partial charge in [-0.1, -0.05) is 30.3 Å². The van der Waals surface area contributed by atoms with Gasteiger partial charge in [-0.3, -0.25) is 4.79 Å². The van der Waals surface area contributed by atoms with E-state index in [1.807, 2.05) is 19.9 Å². The number of rotatable bonds is 8. The molecule has 0 unspecified atom stereocenters. The number of aryl methyl sites for hydroxylation is 1. The predicted molar refractivity (Wildman–Crippen MR) is 105 cm³/mol. The summed E-state index contributed by atoms with van der Waals surface area (Å²) in [4.78, 5) is 14.7. The molecule has 0 aliphatic carbocycles. The fraction of sp³-hybridized carbons (Fsp3) is 0.350. The lowest BCUT2D eigenvalue weighted by Gasteiger charge is -2.26. The van der Waals surface area contributed by atoms with Crippen LogP contribution in [0.15, 0.2) is 53.4 Å². The van der Waals surface area contributed by atoms with Gasteiger partial charge in [-0.25, -0.2) is 8.42 Å². The molecule has 0 heterocycles. The van der Waals surface area contributed by atoms with Crippen LogP contribution in [0.5, 0.6) is 5.75 Å². The van der Waals surface area contributed by atoms with Crippen LogP contribution < -0.4 is 9.46 Å². The normalized spacial score (nSPS) is 12.4. The number of sulfonamides is 1. The smallest absolute Gasteiger partial charge is 0.245 e. The van der Waals surface area contributed by atoms with E-state index in [-0.39, 0.29) is 10.8 Å². The maximum Gasteiger partial charge on any atom is 0.245 e. The molecule has 146 valence electrons. The second kappa shape index (κ2) is 9.01. The van der Waals surface area contributed by atoms with Crippen LogP contribution >= 0.6 is 0 Å². The quantitative estimate of drug-likeness (QED) is 0.752. The molecule has 0 aliphatic rings. The van der Waals surface area contributed by atoms with E-state index >= 15 is 0 Å². The number of likely N-dealkylation sites (N-methyl/N-ethyl adjacent to an activating group) is 1. The third-order valence-corrected chi connectivity index (χ3v) is 5.83. The Bertz CT molecular complexity index is 878. The van der Waals surface area contributed by atoms with Crippen LogP contribution in [-0.4, -0.2) is 39.4 Å². The maximum absolute atomic E-state index is 13.0. The number of nitrogens with one attached hydrogen (secondary N) is 1. The van der Waals surface area contributed by atoms with E-state index < -0.39 is 16.1 Å². The van der Waals surface area contributed by atoms with Crippen molar-refractivity contribution in [2.45, 2.75) is 31.7 Å². The summed E-state index contributed by atoms with van der Waals surface area (Å²) in [5.74, 6) is 0.327. The van der Waals surface area contributed by atoms with E-state index in [9.17, 15) is 13.2 Å². The highest BCUT2D eigenvalue weighted by atomic mass is 32.2. The van der Waals surface area contributed by atoms with E-state index in [4.69, 9.17) is 4.74 Å². The van der Waals surface area contributed by atoms with Crippen molar-refractivity contribution in [1.29, 1.82) is 0 Å². The number of carbonyl (C=O) groups excluding carboxylic acids is 1. The Morgan fingerprint density at radius 3 is 2.26 bits per heavy atom. The third-order valence-electron chi connectivity index (χ3n) is 4.40. The largest absolute Gasteiger partial charge is 0.496 e. The van der Waals surface area contributed by atoms with Gasteiger partial charge in [0, 0.05) is 13.1 Å². The number of ether oxygens (including phenoxy) is 1. The lowest BCUT2D eigenvalue weighted by molar-refractivity contribution is -0.132. The topological polar surface area (TPSA) is 75.7 Å². The lowest BCUT2D eigenvalue weighted by Crippen LogP contribution is -2.42. The van der Waals surface area contributed by atoms with Crippen molar-refractivity contribution >= 4 is 15.9 Å². The van der Waals surface area contributed by atoms with Gasteiger partial charge >= 0.3 is 0 Å². The molecular weight excluding hydrogens is 364 g/mol. The zero-order valence-electron chi connectivity index (χ0n) is 16.1. The number of methoxy groups -OCH3 is 1. The zero-order chi connectivity index (χ0) is 20.0. The summed E-state index contributed by atoms with van der Waals surface area (Å²) < 4.78 is 33.7. The SMILES string of the molecule is CCN(CC)C(=O)[C@@H](NS(=O)(=O)c1ccc(OC)c(C)c1)c1ccccc1. The number of benzene rings is 2. The van der Waals surface area contributed by atoms with Crippen LogP contribution in [-0.2, 0) is 14.8 Å². The second-order valence-electron chi connectivity index (χ2n) is 6.11. The molecule has 1 atom stereocenters. The van der Waals surface area contributed by atoms with E-state index in [0.717, 1.165) is 0 Å². The molecule has 6 nitrogen and oxygen atoms in total. The number of hydrogen-bond acceptors (Lipinski definition) is 4. The van der Waals surface area contributed by atoms with Crippen molar-refractivity contribution in [2.75, 3.05) is 20.2 Å².